The van der Waals surface area contributed by atoms with E-state index in [4.69, 9.17) is 25.4 Å². The molecule has 1 atom stereocenters. The van der Waals surface area contributed by atoms with Gasteiger partial charge in [0.15, 0.2) is 0 Å². The van der Waals surface area contributed by atoms with E-state index in [9.17, 15) is 4.57 Å². The lowest BCUT2D eigenvalue weighted by atomic mass is 10.3. The van der Waals surface area contributed by atoms with Crippen LogP contribution in [0.25, 0.3) is 0 Å². The molecule has 0 spiro atoms. The fraction of sp³-hybridized carbons (Fsp3) is 0.250. The molecular formula is C16H16ClO4P. The zero-order valence-electron chi connectivity index (χ0n) is 11.9. The maximum atomic E-state index is 13.4. The van der Waals surface area contributed by atoms with Crippen LogP contribution >= 0.6 is 19.2 Å². The predicted octanol–water partition coefficient (Wildman–Crippen LogP) is 5.04. The molecule has 1 saturated heterocycles. The van der Waals surface area contributed by atoms with Gasteiger partial charge in [0.05, 0.1) is 0 Å². The molecule has 3 rings (SSSR count). The molecule has 4 nitrogen and oxygen atoms in total. The van der Waals surface area contributed by atoms with Crippen LogP contribution in [0, 0.1) is 0 Å². The predicted molar refractivity (Wildman–Crippen MR) is 85.5 cm³/mol. The van der Waals surface area contributed by atoms with Crippen LogP contribution in [-0.2, 0) is 9.30 Å². The van der Waals surface area contributed by atoms with E-state index in [0.717, 1.165) is 0 Å². The third-order valence-corrected chi connectivity index (χ3v) is 6.29. The van der Waals surface area contributed by atoms with Crippen molar-refractivity contribution in [2.45, 2.75) is 17.6 Å². The first-order valence-corrected chi connectivity index (χ1v) is 8.96. The maximum absolute atomic E-state index is 13.4. The highest BCUT2D eigenvalue weighted by molar-refractivity contribution is 7.58. The van der Waals surface area contributed by atoms with E-state index < -0.39 is 12.4 Å². The van der Waals surface area contributed by atoms with Gasteiger partial charge in [-0.2, -0.15) is 0 Å². The van der Waals surface area contributed by atoms with Gasteiger partial charge in [-0.05, 0) is 30.7 Å². The van der Waals surface area contributed by atoms with Crippen LogP contribution < -0.4 is 9.05 Å². The van der Waals surface area contributed by atoms with Crippen molar-refractivity contribution < 1.29 is 18.3 Å². The standard InChI is InChI=1S/C16H16ClO4P/c17-16(12-7-13-19-16)22(18,20-14-8-3-1-4-9-14)21-15-10-5-2-6-11-15/h1-6,8-11H,7,12-13H2. The summed E-state index contributed by atoms with van der Waals surface area (Å²) in [5.41, 5.74) is 0. The van der Waals surface area contributed by atoms with Crippen LogP contribution in [-0.4, -0.2) is 11.4 Å². The summed E-state index contributed by atoms with van der Waals surface area (Å²) in [7, 11) is -3.78. The van der Waals surface area contributed by atoms with Crippen molar-refractivity contribution in [1.82, 2.24) is 0 Å². The number of benzene rings is 2. The topological polar surface area (TPSA) is 44.8 Å². The fourth-order valence-electron chi connectivity index (χ4n) is 2.20. The summed E-state index contributed by atoms with van der Waals surface area (Å²) < 4.78 is 30.2. The SMILES string of the molecule is O=P(Oc1ccccc1)(Oc1ccccc1)C1(Cl)CCCO1. The summed E-state index contributed by atoms with van der Waals surface area (Å²) in [5.74, 6) is 0.856. The van der Waals surface area contributed by atoms with Crippen LogP contribution in [0.5, 0.6) is 11.5 Å². The van der Waals surface area contributed by atoms with Crippen molar-refractivity contribution in [3.05, 3.63) is 60.7 Å². The van der Waals surface area contributed by atoms with Gasteiger partial charge in [0, 0.05) is 13.0 Å². The molecule has 0 bridgehead atoms. The molecule has 1 unspecified atom stereocenters. The molecular weight excluding hydrogens is 323 g/mol. The molecule has 1 heterocycles. The minimum atomic E-state index is -3.78. The van der Waals surface area contributed by atoms with E-state index in [1.807, 2.05) is 12.1 Å². The molecule has 1 fully saturated rings. The normalized spacial score (nSPS) is 21.5. The van der Waals surface area contributed by atoms with Crippen molar-refractivity contribution >= 4 is 19.2 Å². The highest BCUT2D eigenvalue weighted by Gasteiger charge is 2.56. The lowest BCUT2D eigenvalue weighted by Crippen LogP contribution is -2.26. The van der Waals surface area contributed by atoms with Crippen LogP contribution in [0.2, 0.25) is 0 Å². The second-order valence-corrected chi connectivity index (χ2v) is 7.90. The van der Waals surface area contributed by atoms with Crippen LogP contribution in [0.1, 0.15) is 12.8 Å². The molecule has 0 radical (unpaired) electrons. The minimum absolute atomic E-state index is 0.408. The molecule has 2 aromatic carbocycles. The summed E-state index contributed by atoms with van der Waals surface area (Å²) >= 11 is 6.44. The third kappa shape index (κ3) is 3.14. The summed E-state index contributed by atoms with van der Waals surface area (Å²) in [6.07, 6.45) is 1.12. The smallest absolute Gasteiger partial charge is 0.413 e. The molecule has 0 aromatic heterocycles. The zero-order valence-corrected chi connectivity index (χ0v) is 13.5. The Bertz CT molecular complexity index is 611. The van der Waals surface area contributed by atoms with Crippen molar-refractivity contribution in [3.63, 3.8) is 0 Å². The largest absolute Gasteiger partial charge is 0.478 e. The number of alkyl halides is 1. The van der Waals surface area contributed by atoms with Gasteiger partial charge in [0.25, 0.3) is 4.80 Å². The van der Waals surface area contributed by atoms with E-state index in [0.29, 0.717) is 30.9 Å². The first kappa shape index (κ1) is 15.4. The summed E-state index contributed by atoms with van der Waals surface area (Å²) in [6, 6.07) is 17.7. The van der Waals surface area contributed by atoms with Gasteiger partial charge < -0.3 is 13.8 Å². The fourth-order valence-corrected chi connectivity index (χ4v) is 4.41. The molecule has 0 amide bonds. The van der Waals surface area contributed by atoms with Gasteiger partial charge in [-0.3, -0.25) is 0 Å². The van der Waals surface area contributed by atoms with Crippen molar-refractivity contribution in [2.24, 2.45) is 0 Å². The zero-order chi connectivity index (χ0) is 15.5. The van der Waals surface area contributed by atoms with E-state index in [1.54, 1.807) is 48.5 Å². The second-order valence-electron chi connectivity index (χ2n) is 4.95. The molecule has 0 N–H and O–H groups in total. The number of halogens is 1. The first-order valence-electron chi connectivity index (χ1n) is 7.04. The van der Waals surface area contributed by atoms with Crippen molar-refractivity contribution in [2.75, 3.05) is 6.61 Å². The van der Waals surface area contributed by atoms with Gasteiger partial charge >= 0.3 is 7.60 Å². The average Bonchev–Trinajstić information content (AvgIpc) is 2.98. The van der Waals surface area contributed by atoms with Gasteiger partial charge in [-0.15, -0.1) is 0 Å². The van der Waals surface area contributed by atoms with Gasteiger partial charge in [0.2, 0.25) is 0 Å². The van der Waals surface area contributed by atoms with E-state index in [1.165, 1.54) is 0 Å². The molecule has 1 aliphatic heterocycles. The molecule has 22 heavy (non-hydrogen) atoms. The highest BCUT2D eigenvalue weighted by Crippen LogP contribution is 2.65. The van der Waals surface area contributed by atoms with Crippen LogP contribution in [0.4, 0.5) is 0 Å². The Morgan fingerprint density at radius 2 is 1.45 bits per heavy atom. The number of rotatable bonds is 5. The molecule has 0 aliphatic carbocycles. The van der Waals surface area contributed by atoms with E-state index in [2.05, 4.69) is 0 Å². The van der Waals surface area contributed by atoms with Crippen molar-refractivity contribution in [1.29, 1.82) is 0 Å². The van der Waals surface area contributed by atoms with Gasteiger partial charge in [0.1, 0.15) is 11.5 Å². The van der Waals surface area contributed by atoms with E-state index >= 15 is 0 Å². The number of para-hydroxylation sites is 2. The Kier molecular flexibility index (Phi) is 4.44. The minimum Gasteiger partial charge on any atom is -0.413 e. The molecule has 116 valence electrons. The first-order chi connectivity index (χ1) is 10.6. The average molecular weight is 339 g/mol. The summed E-state index contributed by atoms with van der Waals surface area (Å²) in [5, 5.41) is 0. The Balaban J connectivity index is 1.93. The van der Waals surface area contributed by atoms with Crippen LogP contribution in [0.15, 0.2) is 60.7 Å². The maximum Gasteiger partial charge on any atom is 0.478 e. The molecule has 1 aliphatic rings. The summed E-state index contributed by atoms with van der Waals surface area (Å²) in [6.45, 7) is 0.434. The molecule has 0 saturated carbocycles. The summed E-state index contributed by atoms with van der Waals surface area (Å²) in [4.78, 5) is -1.46. The highest BCUT2D eigenvalue weighted by atomic mass is 35.5. The lowest BCUT2D eigenvalue weighted by molar-refractivity contribution is 0.114. The quantitative estimate of drug-likeness (QED) is 0.566. The van der Waals surface area contributed by atoms with Gasteiger partial charge in [-0.25, -0.2) is 4.57 Å². The molecule has 6 heteroatoms. The third-order valence-electron chi connectivity index (χ3n) is 3.30. The van der Waals surface area contributed by atoms with Gasteiger partial charge in [-0.1, -0.05) is 48.0 Å². The second kappa shape index (κ2) is 6.33. The number of ether oxygens (including phenoxy) is 1. The lowest BCUT2D eigenvalue weighted by Gasteiger charge is -2.30. The molecule has 2 aromatic rings. The van der Waals surface area contributed by atoms with Crippen molar-refractivity contribution in [3.8, 4) is 11.5 Å². The monoisotopic (exact) mass is 338 g/mol. The number of hydrogen-bond donors (Lipinski definition) is 0. The van der Waals surface area contributed by atoms with Crippen LogP contribution in [0.3, 0.4) is 0 Å². The Morgan fingerprint density at radius 3 is 1.86 bits per heavy atom. The Hall–Kier alpha value is -1.48. The Morgan fingerprint density at radius 1 is 0.955 bits per heavy atom. The van der Waals surface area contributed by atoms with E-state index in [-0.39, 0.29) is 0 Å². The Labute approximate surface area is 134 Å². The number of hydrogen-bond acceptors (Lipinski definition) is 4.